The van der Waals surface area contributed by atoms with Crippen molar-refractivity contribution in [2.45, 2.75) is 16.8 Å². The first-order valence-electron chi connectivity index (χ1n) is 9.64. The third-order valence-electron chi connectivity index (χ3n) is 4.50. The van der Waals surface area contributed by atoms with Crippen LogP contribution < -0.4 is 10.1 Å². The molecule has 0 fully saturated rings. The fraction of sp³-hybridized carbons (Fsp3) is 0.0870. The Kier molecular flexibility index (Phi) is 6.55. The van der Waals surface area contributed by atoms with Crippen LogP contribution in [0.3, 0.4) is 0 Å². The second-order valence-corrected chi connectivity index (χ2v) is 9.86. The van der Waals surface area contributed by atoms with Gasteiger partial charge < -0.3 is 14.5 Å². The number of sulfone groups is 1. The van der Waals surface area contributed by atoms with Crippen LogP contribution in [0.1, 0.15) is 6.92 Å². The molecule has 9 heteroatoms. The number of benzene rings is 3. The van der Waals surface area contributed by atoms with Crippen molar-refractivity contribution in [2.24, 2.45) is 0 Å². The van der Waals surface area contributed by atoms with Crippen LogP contribution in [0, 0.1) is 0 Å². The molecule has 3 aromatic carbocycles. The molecule has 0 atom stereocenters. The Morgan fingerprint density at radius 3 is 2.38 bits per heavy atom. The van der Waals surface area contributed by atoms with Gasteiger partial charge in [0.2, 0.25) is 26.6 Å². The Morgan fingerprint density at radius 1 is 1.03 bits per heavy atom. The quantitative estimate of drug-likeness (QED) is 0.284. The van der Waals surface area contributed by atoms with Gasteiger partial charge in [-0.2, -0.15) is 4.98 Å². The molecule has 1 N–H and O–H groups in total. The van der Waals surface area contributed by atoms with Crippen LogP contribution >= 0.6 is 27.5 Å². The van der Waals surface area contributed by atoms with Crippen molar-refractivity contribution >= 4 is 48.9 Å². The lowest BCUT2D eigenvalue weighted by Gasteiger charge is -2.08. The molecule has 1 aromatic heterocycles. The van der Waals surface area contributed by atoms with E-state index in [1.165, 1.54) is 12.1 Å². The Balaban J connectivity index is 1.80. The number of hydrogen-bond donors (Lipinski definition) is 1. The number of ether oxygens (including phenoxy) is 1. The standard InChI is InChI=1S/C23H18BrClN2O4S/c1-2-30-17-11-9-16(10-12-17)26-22-23(32(28,29)18-13-7-15(24)8-14-18)27-21(31-22)19-5-3-4-6-20(19)25/h3-14,26H,2H2,1H3. The van der Waals surface area contributed by atoms with E-state index in [9.17, 15) is 8.42 Å². The molecule has 32 heavy (non-hydrogen) atoms. The summed E-state index contributed by atoms with van der Waals surface area (Å²) in [5, 5.41) is 3.19. The molecule has 0 saturated carbocycles. The zero-order valence-electron chi connectivity index (χ0n) is 16.9. The summed E-state index contributed by atoms with van der Waals surface area (Å²) in [6.07, 6.45) is 0. The zero-order chi connectivity index (χ0) is 22.7. The van der Waals surface area contributed by atoms with Crippen LogP contribution in [0.15, 0.2) is 91.6 Å². The van der Waals surface area contributed by atoms with Gasteiger partial charge in [-0.15, -0.1) is 0 Å². The summed E-state index contributed by atoms with van der Waals surface area (Å²) >= 11 is 9.61. The number of oxazole rings is 1. The molecular formula is C23H18BrClN2O4S. The number of rotatable bonds is 7. The van der Waals surface area contributed by atoms with Crippen molar-refractivity contribution in [1.82, 2.24) is 4.98 Å². The highest BCUT2D eigenvalue weighted by Crippen LogP contribution is 2.36. The summed E-state index contributed by atoms with van der Waals surface area (Å²) in [5.74, 6) is 0.793. The van der Waals surface area contributed by atoms with Crippen molar-refractivity contribution in [3.8, 4) is 17.2 Å². The van der Waals surface area contributed by atoms with Gasteiger partial charge in [0, 0.05) is 10.2 Å². The van der Waals surface area contributed by atoms with E-state index < -0.39 is 9.84 Å². The SMILES string of the molecule is CCOc1ccc(Nc2oc(-c3ccccc3Cl)nc2S(=O)(=O)c2ccc(Br)cc2)cc1. The number of nitrogens with zero attached hydrogens (tertiary/aromatic N) is 1. The lowest BCUT2D eigenvalue weighted by atomic mass is 10.2. The molecule has 4 aromatic rings. The molecule has 0 spiro atoms. The van der Waals surface area contributed by atoms with Gasteiger partial charge in [-0.3, -0.25) is 0 Å². The second-order valence-electron chi connectivity index (χ2n) is 6.67. The largest absolute Gasteiger partial charge is 0.494 e. The second kappa shape index (κ2) is 9.36. The van der Waals surface area contributed by atoms with Crippen LogP contribution in [-0.4, -0.2) is 20.0 Å². The number of nitrogens with one attached hydrogen (secondary N) is 1. The van der Waals surface area contributed by atoms with Crippen molar-refractivity contribution in [1.29, 1.82) is 0 Å². The Morgan fingerprint density at radius 2 is 1.72 bits per heavy atom. The maximum atomic E-state index is 13.4. The van der Waals surface area contributed by atoms with E-state index >= 15 is 0 Å². The van der Waals surface area contributed by atoms with E-state index in [1.54, 1.807) is 60.7 Å². The normalized spacial score (nSPS) is 11.3. The van der Waals surface area contributed by atoms with E-state index in [1.807, 2.05) is 6.92 Å². The van der Waals surface area contributed by atoms with Crippen molar-refractivity contribution < 1.29 is 17.6 Å². The molecule has 0 unspecified atom stereocenters. The van der Waals surface area contributed by atoms with E-state index in [0.29, 0.717) is 28.6 Å². The molecule has 164 valence electrons. The van der Waals surface area contributed by atoms with Gasteiger partial charge in [0.05, 0.1) is 22.1 Å². The maximum Gasteiger partial charge on any atom is 0.238 e. The average Bonchev–Trinajstić information content (AvgIpc) is 3.20. The lowest BCUT2D eigenvalue weighted by Crippen LogP contribution is -2.05. The molecule has 0 aliphatic heterocycles. The third-order valence-corrected chi connectivity index (χ3v) is 7.04. The van der Waals surface area contributed by atoms with Gasteiger partial charge in [0.25, 0.3) is 0 Å². The summed E-state index contributed by atoms with van der Waals surface area (Å²) in [5.41, 5.74) is 1.10. The van der Waals surface area contributed by atoms with Crippen molar-refractivity contribution in [3.63, 3.8) is 0 Å². The fourth-order valence-electron chi connectivity index (χ4n) is 2.97. The van der Waals surface area contributed by atoms with Gasteiger partial charge in [-0.25, -0.2) is 8.42 Å². The van der Waals surface area contributed by atoms with Crippen LogP contribution in [0.5, 0.6) is 5.75 Å². The topological polar surface area (TPSA) is 81.4 Å². The van der Waals surface area contributed by atoms with E-state index in [-0.39, 0.29) is 21.7 Å². The van der Waals surface area contributed by atoms with Crippen LogP contribution in [0.2, 0.25) is 5.02 Å². The number of anilines is 2. The molecule has 0 aliphatic carbocycles. The highest BCUT2D eigenvalue weighted by atomic mass is 79.9. The minimum Gasteiger partial charge on any atom is -0.494 e. The average molecular weight is 534 g/mol. The first-order chi connectivity index (χ1) is 15.4. The molecule has 0 bridgehead atoms. The van der Waals surface area contributed by atoms with E-state index in [2.05, 4.69) is 26.2 Å². The third kappa shape index (κ3) is 4.67. The van der Waals surface area contributed by atoms with Gasteiger partial charge >= 0.3 is 0 Å². The van der Waals surface area contributed by atoms with Crippen molar-refractivity contribution in [2.75, 3.05) is 11.9 Å². The molecule has 6 nitrogen and oxygen atoms in total. The smallest absolute Gasteiger partial charge is 0.238 e. The minimum absolute atomic E-state index is 0.00741. The Hall–Kier alpha value is -2.81. The van der Waals surface area contributed by atoms with E-state index in [4.69, 9.17) is 20.8 Å². The minimum atomic E-state index is -3.98. The van der Waals surface area contributed by atoms with Gasteiger partial charge in [0.15, 0.2) is 0 Å². The summed E-state index contributed by atoms with van der Waals surface area (Å²) in [7, 11) is -3.98. The molecule has 0 saturated heterocycles. The first-order valence-corrected chi connectivity index (χ1v) is 12.3. The highest BCUT2D eigenvalue weighted by molar-refractivity contribution is 9.10. The molecule has 0 radical (unpaired) electrons. The first kappa shape index (κ1) is 22.4. The number of aromatic nitrogens is 1. The lowest BCUT2D eigenvalue weighted by molar-refractivity contribution is 0.340. The number of hydrogen-bond acceptors (Lipinski definition) is 6. The molecule has 4 rings (SSSR count). The molecule has 1 heterocycles. The molecular weight excluding hydrogens is 516 g/mol. The van der Waals surface area contributed by atoms with Crippen molar-refractivity contribution in [3.05, 3.63) is 82.3 Å². The Bertz CT molecular complexity index is 1340. The van der Waals surface area contributed by atoms with Crippen LogP contribution in [0.4, 0.5) is 11.6 Å². The summed E-state index contributed by atoms with van der Waals surface area (Å²) in [4.78, 5) is 4.41. The summed E-state index contributed by atoms with van der Waals surface area (Å²) < 4.78 is 38.9. The fourth-order valence-corrected chi connectivity index (χ4v) is 4.71. The van der Waals surface area contributed by atoms with E-state index in [0.717, 1.165) is 4.47 Å². The molecule has 0 amide bonds. The predicted octanol–water partition coefficient (Wildman–Crippen LogP) is 6.73. The molecule has 0 aliphatic rings. The number of halogens is 2. The monoisotopic (exact) mass is 532 g/mol. The van der Waals surface area contributed by atoms with Gasteiger partial charge in [-0.05, 0) is 67.6 Å². The zero-order valence-corrected chi connectivity index (χ0v) is 20.0. The summed E-state index contributed by atoms with van der Waals surface area (Å²) in [6.45, 7) is 2.45. The summed E-state index contributed by atoms with van der Waals surface area (Å²) in [6, 6.07) is 20.3. The van der Waals surface area contributed by atoms with Gasteiger partial charge in [-0.1, -0.05) is 39.7 Å². The predicted molar refractivity (Wildman–Crippen MR) is 127 cm³/mol. The van der Waals surface area contributed by atoms with Crippen LogP contribution in [0.25, 0.3) is 11.5 Å². The maximum absolute atomic E-state index is 13.4. The van der Waals surface area contributed by atoms with Crippen LogP contribution in [-0.2, 0) is 9.84 Å². The van der Waals surface area contributed by atoms with Gasteiger partial charge in [0.1, 0.15) is 5.75 Å². The highest BCUT2D eigenvalue weighted by Gasteiger charge is 2.29. The Labute approximate surface area is 199 Å².